The van der Waals surface area contributed by atoms with Gasteiger partial charge in [0.25, 0.3) is 0 Å². The number of rotatable bonds is 30. The standard InChI is InChI=1S/C19H31N3O3S.2C18H29N3O3S.C17H27N3O3S.C16H25N3O3S.C15H23N3O3S/c1-5-15(4)16-6-8-17(9-7-16)20-19(23)22-12-10-18(11-13-22)21-26(24,25)14(2)3;1-13(2)15-5-7-16(8-6-15)19-18(22)21-11-9-17(10-12-21)20-25(23,24)14(3)4;1-4-5-15-6-8-16(9-7-15)19-18(22)21-12-10-17(11-13-21)20-25(23,24)14(2)3;1-4-14-5-7-15(8-6-14)18-17(21)20-11-9-16(10-12-20)19-24(22,23)13(2)3;1-12(2)23(21,22)18-15-8-10-19(11-9-15)16(20)17-14-6-4-13(3)5-7-14;1-12(2)22(20,21)17-14-8-10-18(11-9-14)15(19)16-13-6-4-3-5-7-13/h6-9,14-15,18,21H,5,10-13H2,1-4H3,(H,20,23);5-8,13-14,17,20H,9-12H2,1-4H3,(H,19,22);6-9,14,17,20H,4-5,10-13H2,1-3H3,(H,19,22);5-8,13,16,19H,4,9-12H2,1-3H3,(H,18,21);4-7,12,15,18H,8-11H2,1-3H3,(H,17,20);3-7,12,14,17H,8-11H2,1-2H3,(H,16,19). The van der Waals surface area contributed by atoms with Crippen molar-refractivity contribution in [2.75, 3.05) is 110 Å². The zero-order chi connectivity index (χ0) is 107. The van der Waals surface area contributed by atoms with Crippen molar-refractivity contribution in [1.29, 1.82) is 0 Å². The monoisotopic (exact) mass is 2130 g/mol. The number of carbonyl (C=O) groups is 6. The normalized spacial score (nSPS) is 16.6. The highest BCUT2D eigenvalue weighted by atomic mass is 32.2. The van der Waals surface area contributed by atoms with E-state index >= 15 is 0 Å². The van der Waals surface area contributed by atoms with Crippen LogP contribution in [-0.2, 0) is 73.0 Å². The first kappa shape index (κ1) is 122. The fourth-order valence-electron chi connectivity index (χ4n) is 15.7. The van der Waals surface area contributed by atoms with Crippen LogP contribution in [0.25, 0.3) is 0 Å². The molecular weight excluding hydrogens is 1970 g/mol. The third-order valence-electron chi connectivity index (χ3n) is 26.3. The van der Waals surface area contributed by atoms with E-state index in [9.17, 15) is 79.3 Å². The fraction of sp³-hybridized carbons (Fsp3) is 0.592. The number of amides is 12. The molecule has 1 unspecified atom stereocenters. The Balaban J connectivity index is 0.000000236. The van der Waals surface area contributed by atoms with E-state index < -0.39 is 91.6 Å². The molecule has 6 aliphatic heterocycles. The van der Waals surface area contributed by atoms with Crippen LogP contribution in [0.3, 0.4) is 0 Å². The minimum absolute atomic E-state index is 0.0897. The third kappa shape index (κ3) is 41.8. The zero-order valence-corrected chi connectivity index (χ0v) is 93.2. The van der Waals surface area contributed by atoms with Gasteiger partial charge in [0.15, 0.2) is 0 Å². The van der Waals surface area contributed by atoms with E-state index in [1.165, 1.54) is 22.3 Å². The van der Waals surface area contributed by atoms with Crippen LogP contribution in [-0.4, -0.2) is 262 Å². The summed E-state index contributed by atoms with van der Waals surface area (Å²) in [7, 11) is -19.6. The number of hydrogen-bond donors (Lipinski definition) is 12. The molecule has 12 N–H and O–H groups in total. The number of carbonyl (C=O) groups excluding carboxylic acids is 6. The maximum absolute atomic E-state index is 12.4. The van der Waals surface area contributed by atoms with Crippen LogP contribution < -0.4 is 60.2 Å². The van der Waals surface area contributed by atoms with E-state index in [1.807, 2.05) is 146 Å². The van der Waals surface area contributed by atoms with Gasteiger partial charge in [0, 0.05) is 149 Å². The predicted octanol–water partition coefficient (Wildman–Crippen LogP) is 16.5. The molecule has 6 aromatic carbocycles. The number of anilines is 6. The molecule has 0 saturated carbocycles. The van der Waals surface area contributed by atoms with Gasteiger partial charge >= 0.3 is 36.2 Å². The number of hydrogen-bond acceptors (Lipinski definition) is 18. The molecule has 36 nitrogen and oxygen atoms in total. The molecular formula is C103H164N18O18S6. The first-order valence-corrected chi connectivity index (χ1v) is 60.4. The van der Waals surface area contributed by atoms with Crippen LogP contribution in [0.2, 0.25) is 0 Å². The highest BCUT2D eigenvalue weighted by Gasteiger charge is 2.35. The van der Waals surface area contributed by atoms with Crippen molar-refractivity contribution in [2.45, 2.75) is 314 Å². The lowest BCUT2D eigenvalue weighted by molar-refractivity contribution is 0.192. The topological polar surface area (TPSA) is 471 Å². The summed E-state index contributed by atoms with van der Waals surface area (Å²) in [5, 5.41) is 14.7. The van der Waals surface area contributed by atoms with Crippen molar-refractivity contribution >= 4 is 130 Å². The molecule has 42 heteroatoms. The number of likely N-dealkylation sites (tertiary alicyclic amines) is 6. The number of nitrogens with zero attached hydrogens (tertiary/aromatic N) is 6. The van der Waals surface area contributed by atoms with E-state index in [-0.39, 0.29) is 72.4 Å². The highest BCUT2D eigenvalue weighted by Crippen LogP contribution is 2.27. The number of para-hydroxylation sites is 1. The Labute approximate surface area is 865 Å². The molecule has 6 fully saturated rings. The van der Waals surface area contributed by atoms with Crippen LogP contribution in [0.15, 0.2) is 152 Å². The third-order valence-corrected chi connectivity index (χ3v) is 37.7. The van der Waals surface area contributed by atoms with Gasteiger partial charge in [-0.05, 0) is 293 Å². The maximum atomic E-state index is 12.4. The van der Waals surface area contributed by atoms with Gasteiger partial charge in [0.2, 0.25) is 60.1 Å². The van der Waals surface area contributed by atoms with Crippen LogP contribution in [0.4, 0.5) is 62.9 Å². The molecule has 6 heterocycles. The second-order valence-corrected chi connectivity index (χ2v) is 53.5. The Bertz CT molecular complexity index is 5730. The van der Waals surface area contributed by atoms with Gasteiger partial charge in [-0.25, -0.2) is 108 Å². The number of sulfonamides is 6. The van der Waals surface area contributed by atoms with Crippen LogP contribution in [0.5, 0.6) is 0 Å². The molecule has 6 saturated heterocycles. The van der Waals surface area contributed by atoms with Crippen molar-refractivity contribution in [3.63, 3.8) is 0 Å². The minimum Gasteiger partial charge on any atom is -0.324 e. The van der Waals surface area contributed by atoms with Gasteiger partial charge in [-0.3, -0.25) is 0 Å². The second kappa shape index (κ2) is 58.4. The number of urea groups is 6. The summed E-state index contributed by atoms with van der Waals surface area (Å²) in [4.78, 5) is 84.2. The van der Waals surface area contributed by atoms with Gasteiger partial charge in [-0.2, -0.15) is 0 Å². The Kier molecular flexibility index (Phi) is 49.3. The molecule has 1 atom stereocenters. The molecule has 0 radical (unpaired) electrons. The van der Waals surface area contributed by atoms with Crippen molar-refractivity contribution in [3.05, 3.63) is 179 Å². The molecule has 810 valence electrons. The summed E-state index contributed by atoms with van der Waals surface area (Å²) in [6.07, 6.45) is 11.8. The van der Waals surface area contributed by atoms with Gasteiger partial charge in [0.1, 0.15) is 0 Å². The Morgan fingerprint density at radius 2 is 0.455 bits per heavy atom. The van der Waals surface area contributed by atoms with Crippen LogP contribution in [0.1, 0.15) is 254 Å². The van der Waals surface area contributed by atoms with E-state index in [2.05, 4.69) is 114 Å². The van der Waals surface area contributed by atoms with E-state index in [0.717, 1.165) is 65.4 Å². The number of benzene rings is 6. The predicted molar refractivity (Wildman–Crippen MR) is 584 cm³/mol. The molecule has 6 aliphatic rings. The van der Waals surface area contributed by atoms with E-state index in [1.54, 1.807) is 112 Å². The second-order valence-electron chi connectivity index (χ2n) is 39.9. The van der Waals surface area contributed by atoms with Gasteiger partial charge in [0.05, 0.1) is 31.5 Å². The number of aryl methyl sites for hydroxylation is 3. The first-order chi connectivity index (χ1) is 68.2. The smallest absolute Gasteiger partial charge is 0.321 e. The zero-order valence-electron chi connectivity index (χ0n) is 88.3. The van der Waals surface area contributed by atoms with Gasteiger partial charge < -0.3 is 61.3 Å². The summed E-state index contributed by atoms with van der Waals surface area (Å²) in [5.74, 6) is 0.965. The molecule has 0 bridgehead atoms. The summed E-state index contributed by atoms with van der Waals surface area (Å²) in [5.41, 5.74) is 10.8. The van der Waals surface area contributed by atoms with E-state index in [0.29, 0.717) is 167 Å². The lowest BCUT2D eigenvalue weighted by atomic mass is 9.99. The SMILES string of the molecule is CC(C)S(=O)(=O)NC1CCN(C(=O)Nc2ccccc2)CC1.CC(C)c1ccc(NC(=O)N2CCC(NS(=O)(=O)C(C)C)CC2)cc1.CCC(C)c1ccc(NC(=O)N2CCC(NS(=O)(=O)C(C)C)CC2)cc1.CCCc1ccc(NC(=O)N2CCC(NS(=O)(=O)C(C)C)CC2)cc1.CCc1ccc(NC(=O)N2CCC(NS(=O)(=O)C(C)C)CC2)cc1.Cc1ccc(NC(=O)N2CCC(NS(=O)(=O)C(C)C)CC2)cc1. The first-order valence-electron chi connectivity index (χ1n) is 51.1. The molecule has 12 amide bonds. The molecule has 0 spiro atoms. The van der Waals surface area contributed by atoms with Crippen molar-refractivity contribution < 1.29 is 79.3 Å². The highest BCUT2D eigenvalue weighted by molar-refractivity contribution is 7.91. The molecule has 6 aromatic rings. The Morgan fingerprint density at radius 1 is 0.262 bits per heavy atom. The minimum atomic E-state index is -3.27. The van der Waals surface area contributed by atoms with E-state index in [4.69, 9.17) is 0 Å². The van der Waals surface area contributed by atoms with Crippen LogP contribution >= 0.6 is 0 Å². The lowest BCUT2D eigenvalue weighted by Gasteiger charge is -2.32. The number of nitrogens with one attached hydrogen (secondary N) is 12. The summed E-state index contributed by atoms with van der Waals surface area (Å²) >= 11 is 0. The maximum Gasteiger partial charge on any atom is 0.321 e. The van der Waals surface area contributed by atoms with Gasteiger partial charge in [-0.1, -0.05) is 132 Å². The average Bonchev–Trinajstić information content (AvgIpc) is 0.855. The molecule has 145 heavy (non-hydrogen) atoms. The lowest BCUT2D eigenvalue weighted by Crippen LogP contribution is -2.48. The number of piperidine rings is 6. The fourth-order valence-corrected chi connectivity index (χ4v) is 21.6. The average molecular weight is 2130 g/mol. The summed E-state index contributed by atoms with van der Waals surface area (Å²) < 4.78 is 159. The largest absolute Gasteiger partial charge is 0.324 e. The van der Waals surface area contributed by atoms with Crippen molar-refractivity contribution in [2.24, 2.45) is 0 Å². The van der Waals surface area contributed by atoms with Crippen molar-refractivity contribution in [1.82, 2.24) is 57.7 Å². The Morgan fingerprint density at radius 3 is 0.648 bits per heavy atom. The molecule has 0 aromatic heterocycles. The summed E-state index contributed by atoms with van der Waals surface area (Å²) in [6.45, 7) is 41.3. The Hall–Kier alpha value is -9.60. The quantitative estimate of drug-likeness (QED) is 0.0199. The molecule has 12 rings (SSSR count). The van der Waals surface area contributed by atoms with Crippen molar-refractivity contribution in [3.8, 4) is 0 Å². The summed E-state index contributed by atoms with van der Waals surface area (Å²) in [6, 6.07) is 47.1. The molecule has 0 aliphatic carbocycles. The van der Waals surface area contributed by atoms with Crippen LogP contribution in [0, 0.1) is 6.92 Å². The van der Waals surface area contributed by atoms with Gasteiger partial charge in [-0.15, -0.1) is 0 Å².